The zero-order valence-electron chi connectivity index (χ0n) is 14.5. The van der Waals surface area contributed by atoms with Gasteiger partial charge in [-0.1, -0.05) is 24.3 Å². The number of fused-ring (bicyclic) bond motifs is 1. The first kappa shape index (κ1) is 18.9. The predicted octanol–water partition coefficient (Wildman–Crippen LogP) is 4.49. The van der Waals surface area contributed by atoms with Gasteiger partial charge < -0.3 is 10.6 Å². The molecule has 3 rings (SSSR count). The number of thiazole rings is 1. The molecule has 0 fully saturated rings. The molecule has 0 aliphatic carbocycles. The summed E-state index contributed by atoms with van der Waals surface area (Å²) in [5, 5.41) is 5.82. The Balaban J connectivity index is 1.68. The lowest BCUT2D eigenvalue weighted by Crippen LogP contribution is -2.14. The van der Waals surface area contributed by atoms with Crippen LogP contribution in [0.15, 0.2) is 36.4 Å². The molecule has 0 atom stereocenters. The molecule has 140 valence electrons. The summed E-state index contributed by atoms with van der Waals surface area (Å²) in [7, 11) is 0. The van der Waals surface area contributed by atoms with Gasteiger partial charge in [0.25, 0.3) is 0 Å². The van der Waals surface area contributed by atoms with Crippen molar-refractivity contribution in [2.75, 3.05) is 10.6 Å². The van der Waals surface area contributed by atoms with Crippen molar-refractivity contribution in [3.05, 3.63) is 53.6 Å². The number of halogens is 2. The van der Waals surface area contributed by atoms with Crippen LogP contribution in [0.1, 0.15) is 25.3 Å². The van der Waals surface area contributed by atoms with E-state index in [9.17, 15) is 18.4 Å². The van der Waals surface area contributed by atoms with E-state index in [0.717, 1.165) is 34.3 Å². The highest BCUT2D eigenvalue weighted by Crippen LogP contribution is 2.27. The summed E-state index contributed by atoms with van der Waals surface area (Å²) in [5.74, 6) is -2.41. The van der Waals surface area contributed by atoms with Crippen LogP contribution in [0.4, 0.5) is 19.6 Å². The van der Waals surface area contributed by atoms with Crippen molar-refractivity contribution in [3.63, 3.8) is 0 Å². The highest BCUT2D eigenvalue weighted by atomic mass is 32.1. The average molecular weight is 389 g/mol. The molecule has 0 radical (unpaired) electrons. The number of nitrogens with zero attached hydrogens (tertiary/aromatic N) is 1. The van der Waals surface area contributed by atoms with Crippen molar-refractivity contribution in [3.8, 4) is 0 Å². The lowest BCUT2D eigenvalue weighted by Gasteiger charge is -2.06. The van der Waals surface area contributed by atoms with E-state index >= 15 is 0 Å². The molecule has 0 aliphatic rings. The van der Waals surface area contributed by atoms with Gasteiger partial charge in [0.05, 0.1) is 16.6 Å². The third-order valence-electron chi connectivity index (χ3n) is 3.74. The summed E-state index contributed by atoms with van der Waals surface area (Å²) in [4.78, 5) is 28.2. The Labute approximate surface area is 158 Å². The molecule has 1 aromatic heterocycles. The Morgan fingerprint density at radius 2 is 1.85 bits per heavy atom. The molecule has 0 saturated heterocycles. The van der Waals surface area contributed by atoms with E-state index in [1.807, 2.05) is 13.0 Å². The Bertz CT molecular complexity index is 1000. The number of hydrogen-bond acceptors (Lipinski definition) is 4. The number of benzene rings is 2. The summed E-state index contributed by atoms with van der Waals surface area (Å²) in [6.45, 7) is 1.93. The van der Waals surface area contributed by atoms with E-state index in [1.165, 1.54) is 17.4 Å². The van der Waals surface area contributed by atoms with Gasteiger partial charge in [0.15, 0.2) is 16.8 Å². The van der Waals surface area contributed by atoms with Gasteiger partial charge in [-0.05, 0) is 36.2 Å². The van der Waals surface area contributed by atoms with Crippen molar-refractivity contribution in [1.29, 1.82) is 0 Å². The largest absolute Gasteiger partial charge is 0.326 e. The smallest absolute Gasteiger partial charge is 0.228 e. The SMILES string of the molecule is CCCC(=O)Nc1nc2ccc(CC(=O)Nc3ccc(F)c(F)c3)cc2s1. The topological polar surface area (TPSA) is 71.1 Å². The zero-order valence-corrected chi connectivity index (χ0v) is 15.3. The maximum absolute atomic E-state index is 13.2. The van der Waals surface area contributed by atoms with Crippen LogP contribution in [0.3, 0.4) is 0 Å². The van der Waals surface area contributed by atoms with E-state index in [1.54, 1.807) is 12.1 Å². The third-order valence-corrected chi connectivity index (χ3v) is 4.68. The van der Waals surface area contributed by atoms with E-state index < -0.39 is 11.6 Å². The van der Waals surface area contributed by atoms with Crippen molar-refractivity contribution >= 4 is 44.2 Å². The molecule has 27 heavy (non-hydrogen) atoms. The Hall–Kier alpha value is -2.87. The van der Waals surface area contributed by atoms with Crippen molar-refractivity contribution in [2.24, 2.45) is 0 Å². The van der Waals surface area contributed by atoms with Gasteiger partial charge in [-0.25, -0.2) is 13.8 Å². The fourth-order valence-corrected chi connectivity index (χ4v) is 3.45. The number of anilines is 2. The van der Waals surface area contributed by atoms with Crippen LogP contribution in [0.5, 0.6) is 0 Å². The second kappa shape index (κ2) is 8.22. The molecule has 2 N–H and O–H groups in total. The quantitative estimate of drug-likeness (QED) is 0.652. The number of carbonyl (C=O) groups excluding carboxylic acids is 2. The number of rotatable bonds is 6. The fourth-order valence-electron chi connectivity index (χ4n) is 2.51. The molecule has 0 aliphatic heterocycles. The van der Waals surface area contributed by atoms with Gasteiger partial charge in [0.1, 0.15) is 0 Å². The molecule has 0 bridgehead atoms. The highest BCUT2D eigenvalue weighted by Gasteiger charge is 2.11. The van der Waals surface area contributed by atoms with E-state index in [4.69, 9.17) is 0 Å². The van der Waals surface area contributed by atoms with Gasteiger partial charge >= 0.3 is 0 Å². The minimum Gasteiger partial charge on any atom is -0.326 e. The zero-order chi connectivity index (χ0) is 19.4. The van der Waals surface area contributed by atoms with Crippen molar-refractivity contribution < 1.29 is 18.4 Å². The predicted molar refractivity (Wildman–Crippen MR) is 102 cm³/mol. The van der Waals surface area contributed by atoms with Gasteiger partial charge in [-0.2, -0.15) is 0 Å². The monoisotopic (exact) mass is 389 g/mol. The summed E-state index contributed by atoms with van der Waals surface area (Å²) >= 11 is 1.33. The average Bonchev–Trinajstić information content (AvgIpc) is 2.99. The Morgan fingerprint density at radius 3 is 2.59 bits per heavy atom. The molecule has 0 unspecified atom stereocenters. The summed E-state index contributed by atoms with van der Waals surface area (Å²) < 4.78 is 27.0. The van der Waals surface area contributed by atoms with Crippen LogP contribution in [0.2, 0.25) is 0 Å². The van der Waals surface area contributed by atoms with Crippen molar-refractivity contribution in [2.45, 2.75) is 26.2 Å². The van der Waals surface area contributed by atoms with Crippen molar-refractivity contribution in [1.82, 2.24) is 4.98 Å². The van der Waals surface area contributed by atoms with E-state index in [-0.39, 0.29) is 23.9 Å². The van der Waals surface area contributed by atoms with E-state index in [0.29, 0.717) is 11.6 Å². The fraction of sp³-hybridized carbons (Fsp3) is 0.211. The van der Waals surface area contributed by atoms with Crippen LogP contribution >= 0.6 is 11.3 Å². The van der Waals surface area contributed by atoms with E-state index in [2.05, 4.69) is 15.6 Å². The number of aromatic nitrogens is 1. The highest BCUT2D eigenvalue weighted by molar-refractivity contribution is 7.22. The number of hydrogen-bond donors (Lipinski definition) is 2. The van der Waals surface area contributed by atoms with Crippen LogP contribution in [-0.4, -0.2) is 16.8 Å². The first-order chi connectivity index (χ1) is 12.9. The molecular weight excluding hydrogens is 372 g/mol. The normalized spacial score (nSPS) is 10.8. The minimum atomic E-state index is -1.02. The second-order valence-corrected chi connectivity index (χ2v) is 7.00. The van der Waals surface area contributed by atoms with Gasteiger partial charge in [-0.3, -0.25) is 9.59 Å². The van der Waals surface area contributed by atoms with Crippen LogP contribution in [0, 0.1) is 11.6 Å². The van der Waals surface area contributed by atoms with Crippen LogP contribution < -0.4 is 10.6 Å². The molecule has 2 amide bonds. The molecule has 0 spiro atoms. The lowest BCUT2D eigenvalue weighted by molar-refractivity contribution is -0.116. The minimum absolute atomic E-state index is 0.0738. The molecule has 8 heteroatoms. The molecule has 3 aromatic rings. The first-order valence-corrected chi connectivity index (χ1v) is 9.20. The lowest BCUT2D eigenvalue weighted by atomic mass is 10.1. The first-order valence-electron chi connectivity index (χ1n) is 8.39. The summed E-state index contributed by atoms with van der Waals surface area (Å²) in [5.41, 5.74) is 1.67. The van der Waals surface area contributed by atoms with Gasteiger partial charge in [0.2, 0.25) is 11.8 Å². The van der Waals surface area contributed by atoms with Crippen LogP contribution in [-0.2, 0) is 16.0 Å². The molecular formula is C19H17F2N3O2S. The standard InChI is InChI=1S/C19H17F2N3O2S/c1-2-3-17(25)24-19-23-15-7-4-11(8-16(15)27-19)9-18(26)22-12-5-6-13(20)14(21)10-12/h4-8,10H,2-3,9H2,1H3,(H,22,26)(H,23,24,25). The Kier molecular flexibility index (Phi) is 5.75. The molecule has 1 heterocycles. The van der Waals surface area contributed by atoms with Gasteiger partial charge in [-0.15, -0.1) is 0 Å². The van der Waals surface area contributed by atoms with Crippen LogP contribution in [0.25, 0.3) is 10.2 Å². The molecule has 2 aromatic carbocycles. The van der Waals surface area contributed by atoms with Gasteiger partial charge in [0, 0.05) is 18.2 Å². The number of amides is 2. The maximum atomic E-state index is 13.2. The number of carbonyl (C=O) groups is 2. The third kappa shape index (κ3) is 4.85. The second-order valence-electron chi connectivity index (χ2n) is 5.97. The number of nitrogens with one attached hydrogen (secondary N) is 2. The summed E-state index contributed by atoms with van der Waals surface area (Å²) in [6, 6.07) is 8.57. The Morgan fingerprint density at radius 1 is 1.04 bits per heavy atom. The molecule has 5 nitrogen and oxygen atoms in total. The summed E-state index contributed by atoms with van der Waals surface area (Å²) in [6.07, 6.45) is 1.27. The molecule has 0 saturated carbocycles. The maximum Gasteiger partial charge on any atom is 0.228 e.